The van der Waals surface area contributed by atoms with E-state index in [1.54, 1.807) is 0 Å². The highest BCUT2D eigenvalue weighted by molar-refractivity contribution is 9.09. The van der Waals surface area contributed by atoms with E-state index >= 15 is 0 Å². The van der Waals surface area contributed by atoms with Crippen LogP contribution in [-0.4, -0.2) is 109 Å². The van der Waals surface area contributed by atoms with Crippen molar-refractivity contribution in [1.82, 2.24) is 0 Å². The van der Waals surface area contributed by atoms with Gasteiger partial charge in [-0.05, 0) is 0 Å². The van der Waals surface area contributed by atoms with Gasteiger partial charge in [-0.15, -0.1) is 0 Å². The monoisotopic (exact) mass is 404 g/mol. The molecule has 0 amide bonds. The molecule has 0 spiro atoms. The van der Waals surface area contributed by atoms with Gasteiger partial charge in [0.2, 0.25) is 0 Å². The average molecular weight is 405 g/mol. The molecule has 2 aliphatic rings. The zero-order chi connectivity index (χ0) is 17.3. The average Bonchev–Trinajstić information content (AvgIpc) is 2.54. The lowest BCUT2D eigenvalue weighted by Crippen LogP contribution is -2.63. The molecule has 1 unspecified atom stereocenters. The van der Waals surface area contributed by atoms with E-state index in [2.05, 4.69) is 15.9 Å². The van der Waals surface area contributed by atoms with E-state index in [9.17, 15) is 25.5 Å². The number of hydrogen-bond acceptors (Lipinski definition) is 10. The van der Waals surface area contributed by atoms with Gasteiger partial charge >= 0.3 is 0 Å². The van der Waals surface area contributed by atoms with Gasteiger partial charge in [-0.2, -0.15) is 0 Å². The molecule has 2 aliphatic heterocycles. The third-order valence-electron chi connectivity index (χ3n) is 3.94. The Hall–Kier alpha value is 0.0800. The molecular weight excluding hydrogens is 384 g/mol. The second kappa shape index (κ2) is 7.97. The number of hydrogen-bond donors (Lipinski definition) is 7. The van der Waals surface area contributed by atoms with Crippen LogP contribution in [0, 0.1) is 0 Å². The summed E-state index contributed by atoms with van der Waals surface area (Å²) in [6.07, 6.45) is -12.5. The topological polar surface area (TPSA) is 169 Å². The van der Waals surface area contributed by atoms with E-state index in [-0.39, 0.29) is 0 Å². The van der Waals surface area contributed by atoms with Gasteiger partial charge in [0.05, 0.1) is 18.0 Å². The molecule has 2 rings (SSSR count). The van der Waals surface area contributed by atoms with Crippen LogP contribution in [0.15, 0.2) is 0 Å². The maximum absolute atomic E-state index is 10.1. The van der Waals surface area contributed by atoms with Crippen LogP contribution in [0.1, 0.15) is 0 Å². The zero-order valence-electron chi connectivity index (χ0n) is 11.9. The van der Waals surface area contributed by atoms with Gasteiger partial charge in [-0.1, -0.05) is 15.9 Å². The normalized spacial score (nSPS) is 51.7. The van der Waals surface area contributed by atoms with Crippen LogP contribution in [0.25, 0.3) is 0 Å². The van der Waals surface area contributed by atoms with E-state index < -0.39 is 73.3 Å². The van der Waals surface area contributed by atoms with Crippen LogP contribution in [0.2, 0.25) is 0 Å². The van der Waals surface area contributed by atoms with Gasteiger partial charge < -0.3 is 50.0 Å². The number of rotatable bonds is 4. The molecule has 11 heteroatoms. The smallest absolute Gasteiger partial charge is 0.187 e. The Balaban J connectivity index is 2.11. The molecule has 136 valence electrons. The molecule has 10 atom stereocenters. The number of aliphatic hydroxyl groups is 7. The van der Waals surface area contributed by atoms with Crippen molar-refractivity contribution in [2.24, 2.45) is 0 Å². The standard InChI is InChI=1S/C12H21BrO10/c13-5-10(7(17)4(2-15)21-11(5)20)23-12-9(19)8(18)6(16)3(1-14)22-12/h3-12,14-20H,1-2H2/t3-,4-,5-,6+,7-,8+,9-,10-,11?,12+/m1/s1. The first kappa shape index (κ1) is 19.4. The lowest BCUT2D eigenvalue weighted by atomic mass is 9.98. The molecule has 0 saturated carbocycles. The Bertz CT molecular complexity index is 385. The van der Waals surface area contributed by atoms with Crippen molar-refractivity contribution in [2.45, 2.75) is 60.1 Å². The fourth-order valence-corrected chi connectivity index (χ4v) is 3.10. The number of halogens is 1. The quantitative estimate of drug-likeness (QED) is 0.229. The third kappa shape index (κ3) is 3.85. The van der Waals surface area contributed by atoms with Crippen LogP contribution in [0.3, 0.4) is 0 Å². The first-order chi connectivity index (χ1) is 10.8. The second-order valence-electron chi connectivity index (χ2n) is 5.48. The van der Waals surface area contributed by atoms with Crippen molar-refractivity contribution < 1.29 is 50.0 Å². The zero-order valence-corrected chi connectivity index (χ0v) is 13.5. The molecule has 23 heavy (non-hydrogen) atoms. The Morgan fingerprint density at radius 1 is 0.783 bits per heavy atom. The predicted molar refractivity (Wildman–Crippen MR) is 75.3 cm³/mol. The molecule has 7 N–H and O–H groups in total. The molecule has 0 aliphatic carbocycles. The van der Waals surface area contributed by atoms with Crippen LogP contribution >= 0.6 is 15.9 Å². The first-order valence-corrected chi connectivity index (χ1v) is 7.95. The van der Waals surface area contributed by atoms with Gasteiger partial charge in [-0.3, -0.25) is 0 Å². The summed E-state index contributed by atoms with van der Waals surface area (Å²) < 4.78 is 15.6. The molecule has 0 aromatic rings. The Kier molecular flexibility index (Phi) is 6.73. The Labute approximate surface area is 140 Å². The van der Waals surface area contributed by atoms with Crippen molar-refractivity contribution in [3.63, 3.8) is 0 Å². The van der Waals surface area contributed by atoms with Crippen molar-refractivity contribution in [1.29, 1.82) is 0 Å². The molecule has 0 radical (unpaired) electrons. The largest absolute Gasteiger partial charge is 0.394 e. The van der Waals surface area contributed by atoms with Crippen LogP contribution in [0.5, 0.6) is 0 Å². The SMILES string of the molecule is OC[C@H]1O[C@@H](O[C@H]2[C@H](O)[C@@H](CO)OC(O)[C@@H]2Br)[C@H](O)[C@@H](O)[C@H]1O. The summed E-state index contributed by atoms with van der Waals surface area (Å²) in [7, 11) is 0. The molecule has 2 fully saturated rings. The molecular formula is C12H21BrO10. The van der Waals surface area contributed by atoms with E-state index in [0.29, 0.717) is 0 Å². The summed E-state index contributed by atoms with van der Waals surface area (Å²) in [5.74, 6) is 0. The molecule has 2 heterocycles. The van der Waals surface area contributed by atoms with Crippen LogP contribution < -0.4 is 0 Å². The molecule has 10 nitrogen and oxygen atoms in total. The summed E-state index contributed by atoms with van der Waals surface area (Å²) in [5.41, 5.74) is 0. The van der Waals surface area contributed by atoms with Crippen molar-refractivity contribution in [3.8, 4) is 0 Å². The first-order valence-electron chi connectivity index (χ1n) is 7.04. The summed E-state index contributed by atoms with van der Waals surface area (Å²) in [4.78, 5) is -0.910. The van der Waals surface area contributed by atoms with E-state index in [1.807, 2.05) is 0 Å². The molecule has 0 bridgehead atoms. The van der Waals surface area contributed by atoms with Crippen LogP contribution in [0.4, 0.5) is 0 Å². The summed E-state index contributed by atoms with van der Waals surface area (Å²) in [6, 6.07) is 0. The lowest BCUT2D eigenvalue weighted by Gasteiger charge is -2.45. The molecule has 0 aromatic carbocycles. The van der Waals surface area contributed by atoms with Gasteiger partial charge in [0.25, 0.3) is 0 Å². The van der Waals surface area contributed by atoms with E-state index in [4.69, 9.17) is 24.4 Å². The summed E-state index contributed by atoms with van der Waals surface area (Å²) in [5, 5.41) is 67.5. The molecule has 0 aromatic heterocycles. The number of alkyl halides is 1. The minimum Gasteiger partial charge on any atom is -0.394 e. The van der Waals surface area contributed by atoms with Crippen molar-refractivity contribution in [3.05, 3.63) is 0 Å². The molecule has 2 saturated heterocycles. The van der Waals surface area contributed by atoms with Crippen molar-refractivity contribution >= 4 is 15.9 Å². The summed E-state index contributed by atoms with van der Waals surface area (Å²) >= 11 is 3.08. The maximum atomic E-state index is 10.1. The number of aliphatic hydroxyl groups excluding tert-OH is 7. The fourth-order valence-electron chi connectivity index (χ4n) is 2.54. The van der Waals surface area contributed by atoms with Gasteiger partial charge in [0, 0.05) is 0 Å². The van der Waals surface area contributed by atoms with Gasteiger partial charge in [0.15, 0.2) is 12.6 Å². The van der Waals surface area contributed by atoms with Gasteiger partial charge in [-0.25, -0.2) is 0 Å². The Morgan fingerprint density at radius 2 is 1.35 bits per heavy atom. The minimum atomic E-state index is -1.65. The predicted octanol–water partition coefficient (Wildman–Crippen LogP) is -3.99. The Morgan fingerprint density at radius 3 is 1.91 bits per heavy atom. The summed E-state index contributed by atoms with van der Waals surface area (Å²) in [6.45, 7) is -1.20. The number of ether oxygens (including phenoxy) is 3. The maximum Gasteiger partial charge on any atom is 0.187 e. The fraction of sp³-hybridized carbons (Fsp3) is 1.00. The lowest BCUT2D eigenvalue weighted by molar-refractivity contribution is -0.334. The third-order valence-corrected chi connectivity index (χ3v) is 4.91. The van der Waals surface area contributed by atoms with Crippen molar-refractivity contribution in [2.75, 3.05) is 13.2 Å². The van der Waals surface area contributed by atoms with E-state index in [1.165, 1.54) is 0 Å². The minimum absolute atomic E-state index is 0.577. The van der Waals surface area contributed by atoms with Crippen LogP contribution in [-0.2, 0) is 14.2 Å². The highest BCUT2D eigenvalue weighted by Crippen LogP contribution is 2.31. The van der Waals surface area contributed by atoms with Gasteiger partial charge in [0.1, 0.15) is 42.7 Å². The highest BCUT2D eigenvalue weighted by Gasteiger charge is 2.49. The second-order valence-corrected chi connectivity index (χ2v) is 6.54. The van der Waals surface area contributed by atoms with E-state index in [0.717, 1.165) is 0 Å². The highest BCUT2D eigenvalue weighted by atomic mass is 79.9.